The molecule has 1 N–H and O–H groups in total. The Labute approximate surface area is 180 Å². The monoisotopic (exact) mass is 424 g/mol. The summed E-state index contributed by atoms with van der Waals surface area (Å²) in [4.78, 5) is 39.0. The Morgan fingerprint density at radius 1 is 1.19 bits per heavy atom. The van der Waals surface area contributed by atoms with E-state index in [1.54, 1.807) is 29.2 Å². The molecule has 31 heavy (non-hydrogen) atoms. The van der Waals surface area contributed by atoms with Crippen LogP contribution in [0.3, 0.4) is 0 Å². The van der Waals surface area contributed by atoms with E-state index < -0.39 is 0 Å². The molecule has 2 aliphatic rings. The molecule has 1 atom stereocenters. The van der Waals surface area contributed by atoms with Crippen LogP contribution in [0.25, 0.3) is 0 Å². The van der Waals surface area contributed by atoms with Crippen molar-refractivity contribution in [3.8, 4) is 5.75 Å². The summed E-state index contributed by atoms with van der Waals surface area (Å²) in [6, 6.07) is 11.4. The van der Waals surface area contributed by atoms with Crippen LogP contribution in [0, 0.1) is 11.7 Å². The van der Waals surface area contributed by atoms with E-state index in [1.807, 2.05) is 13.0 Å². The standard InChI is InChI=1S/C24H25FN2O4/c1-15(17-3-2-4-19(25)12-17)11-23(29)27-9-7-16(8-10-27)24(30)18-5-6-21-20(13-18)26-22(28)14-31-21/h2-6,12-13,15-16H,7-11,14H2,1H3,(H,26,28). The maximum absolute atomic E-state index is 13.4. The minimum Gasteiger partial charge on any atom is -0.482 e. The first kappa shape index (κ1) is 21.0. The number of amides is 2. The molecule has 4 rings (SSSR count). The van der Waals surface area contributed by atoms with Crippen LogP contribution < -0.4 is 10.1 Å². The summed E-state index contributed by atoms with van der Waals surface area (Å²) in [5, 5.41) is 2.72. The van der Waals surface area contributed by atoms with Gasteiger partial charge in [0.05, 0.1) is 5.69 Å². The van der Waals surface area contributed by atoms with Crippen LogP contribution in [0.2, 0.25) is 0 Å². The van der Waals surface area contributed by atoms with E-state index in [-0.39, 0.29) is 41.9 Å². The third kappa shape index (κ3) is 4.76. The number of nitrogens with zero attached hydrogens (tertiary/aromatic N) is 1. The number of fused-ring (bicyclic) bond motifs is 1. The molecule has 1 unspecified atom stereocenters. The number of hydrogen-bond donors (Lipinski definition) is 1. The van der Waals surface area contributed by atoms with E-state index in [4.69, 9.17) is 4.74 Å². The second-order valence-electron chi connectivity index (χ2n) is 8.23. The number of piperidine rings is 1. The fourth-order valence-corrected chi connectivity index (χ4v) is 4.19. The lowest BCUT2D eigenvalue weighted by Gasteiger charge is -2.32. The zero-order valence-corrected chi connectivity index (χ0v) is 17.4. The minimum atomic E-state index is -0.301. The van der Waals surface area contributed by atoms with Crippen molar-refractivity contribution in [2.75, 3.05) is 25.0 Å². The highest BCUT2D eigenvalue weighted by Gasteiger charge is 2.29. The molecule has 0 radical (unpaired) electrons. The van der Waals surface area contributed by atoms with Gasteiger partial charge in [0.25, 0.3) is 5.91 Å². The highest BCUT2D eigenvalue weighted by Crippen LogP contribution is 2.31. The van der Waals surface area contributed by atoms with Gasteiger partial charge in [0, 0.05) is 31.0 Å². The predicted octanol–water partition coefficient (Wildman–Crippen LogP) is 3.77. The van der Waals surface area contributed by atoms with Crippen molar-refractivity contribution in [3.63, 3.8) is 0 Å². The smallest absolute Gasteiger partial charge is 0.262 e. The zero-order valence-electron chi connectivity index (χ0n) is 17.4. The quantitative estimate of drug-likeness (QED) is 0.742. The summed E-state index contributed by atoms with van der Waals surface area (Å²) < 4.78 is 18.8. The number of ether oxygens (including phenoxy) is 1. The normalized spacial score (nSPS) is 17.4. The molecule has 2 aromatic carbocycles. The van der Waals surface area contributed by atoms with Crippen LogP contribution in [0.4, 0.5) is 10.1 Å². The number of anilines is 1. The number of ketones is 1. The van der Waals surface area contributed by atoms with Gasteiger partial charge >= 0.3 is 0 Å². The van der Waals surface area contributed by atoms with Gasteiger partial charge in [-0.2, -0.15) is 0 Å². The Hall–Kier alpha value is -3.22. The first-order chi connectivity index (χ1) is 14.9. The van der Waals surface area contributed by atoms with Crippen molar-refractivity contribution in [3.05, 3.63) is 59.4 Å². The van der Waals surface area contributed by atoms with Crippen LogP contribution in [0.15, 0.2) is 42.5 Å². The Morgan fingerprint density at radius 3 is 2.71 bits per heavy atom. The maximum Gasteiger partial charge on any atom is 0.262 e. The highest BCUT2D eigenvalue weighted by molar-refractivity contribution is 6.01. The van der Waals surface area contributed by atoms with E-state index in [9.17, 15) is 18.8 Å². The number of halogens is 1. The lowest BCUT2D eigenvalue weighted by molar-refractivity contribution is -0.132. The highest BCUT2D eigenvalue weighted by atomic mass is 19.1. The molecule has 1 fully saturated rings. The SMILES string of the molecule is CC(CC(=O)N1CCC(C(=O)c2ccc3c(c2)NC(=O)CO3)CC1)c1cccc(F)c1. The molecule has 162 valence electrons. The average Bonchev–Trinajstić information content (AvgIpc) is 2.78. The summed E-state index contributed by atoms with van der Waals surface area (Å²) in [5.74, 6) is -0.178. The Kier molecular flexibility index (Phi) is 6.02. The molecule has 2 amide bonds. The van der Waals surface area contributed by atoms with Crippen molar-refractivity contribution in [2.45, 2.75) is 32.1 Å². The number of hydrogen-bond acceptors (Lipinski definition) is 4. The maximum atomic E-state index is 13.4. The van der Waals surface area contributed by atoms with E-state index >= 15 is 0 Å². The number of carbonyl (C=O) groups is 3. The molecule has 0 bridgehead atoms. The van der Waals surface area contributed by atoms with Crippen molar-refractivity contribution in [1.29, 1.82) is 0 Å². The Morgan fingerprint density at radius 2 is 1.97 bits per heavy atom. The van der Waals surface area contributed by atoms with E-state index in [0.717, 1.165) is 5.56 Å². The topological polar surface area (TPSA) is 75.7 Å². The van der Waals surface area contributed by atoms with Crippen molar-refractivity contribution >= 4 is 23.3 Å². The molecule has 0 aliphatic carbocycles. The summed E-state index contributed by atoms with van der Waals surface area (Å²) in [5.41, 5.74) is 1.86. The average molecular weight is 424 g/mol. The van der Waals surface area contributed by atoms with Gasteiger partial charge < -0.3 is 15.0 Å². The Balaban J connectivity index is 1.33. The van der Waals surface area contributed by atoms with Gasteiger partial charge in [-0.15, -0.1) is 0 Å². The predicted molar refractivity (Wildman–Crippen MR) is 114 cm³/mol. The largest absolute Gasteiger partial charge is 0.482 e. The molecule has 0 spiro atoms. The van der Waals surface area contributed by atoms with Gasteiger partial charge in [-0.25, -0.2) is 4.39 Å². The number of rotatable bonds is 5. The van der Waals surface area contributed by atoms with Gasteiger partial charge in [-0.3, -0.25) is 14.4 Å². The molecule has 2 aliphatic heterocycles. The van der Waals surface area contributed by atoms with Gasteiger partial charge in [0.2, 0.25) is 5.91 Å². The number of carbonyl (C=O) groups excluding carboxylic acids is 3. The summed E-state index contributed by atoms with van der Waals surface area (Å²) in [6.07, 6.45) is 1.50. The van der Waals surface area contributed by atoms with E-state index in [2.05, 4.69) is 5.32 Å². The molecule has 0 saturated carbocycles. The van der Waals surface area contributed by atoms with E-state index in [0.29, 0.717) is 49.4 Å². The van der Waals surface area contributed by atoms with Gasteiger partial charge in [0.15, 0.2) is 12.4 Å². The van der Waals surface area contributed by atoms with Gasteiger partial charge in [-0.1, -0.05) is 19.1 Å². The lowest BCUT2D eigenvalue weighted by atomic mass is 9.88. The van der Waals surface area contributed by atoms with Crippen molar-refractivity contribution in [2.24, 2.45) is 5.92 Å². The number of nitrogens with one attached hydrogen (secondary N) is 1. The van der Waals surface area contributed by atoms with Crippen molar-refractivity contribution in [1.82, 2.24) is 4.90 Å². The fourth-order valence-electron chi connectivity index (χ4n) is 4.19. The lowest BCUT2D eigenvalue weighted by Crippen LogP contribution is -2.40. The minimum absolute atomic E-state index is 0.0165. The third-order valence-corrected chi connectivity index (χ3v) is 6.01. The second-order valence-corrected chi connectivity index (χ2v) is 8.23. The van der Waals surface area contributed by atoms with E-state index in [1.165, 1.54) is 12.1 Å². The zero-order chi connectivity index (χ0) is 22.0. The summed E-state index contributed by atoms with van der Waals surface area (Å²) in [7, 11) is 0. The summed E-state index contributed by atoms with van der Waals surface area (Å²) >= 11 is 0. The molecular weight excluding hydrogens is 399 g/mol. The molecule has 0 aromatic heterocycles. The second kappa shape index (κ2) is 8.88. The third-order valence-electron chi connectivity index (χ3n) is 6.01. The molecular formula is C24H25FN2O4. The molecule has 6 nitrogen and oxygen atoms in total. The van der Waals surface area contributed by atoms with Crippen molar-refractivity contribution < 1.29 is 23.5 Å². The fraction of sp³-hybridized carbons (Fsp3) is 0.375. The van der Waals surface area contributed by atoms with Gasteiger partial charge in [-0.05, 0) is 54.7 Å². The van der Waals surface area contributed by atoms with Crippen LogP contribution in [0.1, 0.15) is 48.0 Å². The van der Waals surface area contributed by atoms with Crippen LogP contribution >= 0.6 is 0 Å². The van der Waals surface area contributed by atoms with Crippen LogP contribution in [-0.2, 0) is 9.59 Å². The molecule has 7 heteroatoms. The van der Waals surface area contributed by atoms with Gasteiger partial charge in [0.1, 0.15) is 11.6 Å². The number of Topliss-reactive ketones (excluding diaryl/α,β-unsaturated/α-hetero) is 1. The first-order valence-electron chi connectivity index (χ1n) is 10.5. The molecule has 1 saturated heterocycles. The first-order valence-corrected chi connectivity index (χ1v) is 10.5. The molecule has 2 aromatic rings. The van der Waals surface area contributed by atoms with Crippen LogP contribution in [0.5, 0.6) is 5.75 Å². The molecule has 2 heterocycles. The number of benzene rings is 2. The summed E-state index contributed by atoms with van der Waals surface area (Å²) in [6.45, 7) is 2.94. The van der Waals surface area contributed by atoms with Crippen LogP contribution in [-0.4, -0.2) is 42.2 Å². The Bertz CT molecular complexity index is 1010. The number of likely N-dealkylation sites (tertiary alicyclic amines) is 1.